The summed E-state index contributed by atoms with van der Waals surface area (Å²) < 4.78 is 27.4. The predicted molar refractivity (Wildman–Crippen MR) is 129 cm³/mol. The fourth-order valence-corrected chi connectivity index (χ4v) is 3.78. The molecule has 0 saturated heterocycles. The van der Waals surface area contributed by atoms with Gasteiger partial charge >= 0.3 is 0 Å². The van der Waals surface area contributed by atoms with E-state index in [1.54, 1.807) is 25.3 Å². The number of nitrogens with one attached hydrogen (secondary N) is 1. The summed E-state index contributed by atoms with van der Waals surface area (Å²) in [6.45, 7) is 6.90. The van der Waals surface area contributed by atoms with Gasteiger partial charge < -0.3 is 28.6 Å². The Labute approximate surface area is 207 Å². The van der Waals surface area contributed by atoms with E-state index in [-0.39, 0.29) is 11.6 Å². The maximum Gasteiger partial charge on any atom is 0.274 e. The Morgan fingerprint density at radius 2 is 1.67 bits per heavy atom. The van der Waals surface area contributed by atoms with Gasteiger partial charge in [-0.15, -0.1) is 0 Å². The van der Waals surface area contributed by atoms with E-state index in [1.165, 1.54) is 0 Å². The molecule has 10 heteroatoms. The maximum absolute atomic E-state index is 13.1. The molecule has 3 heterocycles. The van der Waals surface area contributed by atoms with E-state index < -0.39 is 17.4 Å². The van der Waals surface area contributed by atoms with Crippen LogP contribution >= 0.6 is 0 Å². The molecule has 5 rings (SSSR count). The van der Waals surface area contributed by atoms with Crippen molar-refractivity contribution in [2.45, 2.75) is 26.8 Å². The first-order valence-corrected chi connectivity index (χ1v) is 11.5. The van der Waals surface area contributed by atoms with Crippen molar-refractivity contribution in [1.82, 2.24) is 20.6 Å². The third-order valence-corrected chi connectivity index (χ3v) is 5.75. The van der Waals surface area contributed by atoms with Crippen molar-refractivity contribution >= 4 is 5.91 Å². The summed E-state index contributed by atoms with van der Waals surface area (Å²) in [7, 11) is 1.60. The Bertz CT molecular complexity index is 1370. The summed E-state index contributed by atoms with van der Waals surface area (Å²) in [5, 5.41) is 11.0. The third-order valence-electron chi connectivity index (χ3n) is 5.75. The lowest BCUT2D eigenvalue weighted by atomic mass is 9.86. The number of carbonyl (C=O) groups excluding carboxylic acids is 1. The van der Waals surface area contributed by atoms with Gasteiger partial charge in [0.1, 0.15) is 25.0 Å². The molecule has 0 saturated carbocycles. The first kappa shape index (κ1) is 23.4. The van der Waals surface area contributed by atoms with E-state index in [0.717, 1.165) is 16.9 Å². The van der Waals surface area contributed by atoms with Crippen LogP contribution in [0.4, 0.5) is 0 Å². The quantitative estimate of drug-likeness (QED) is 0.410. The van der Waals surface area contributed by atoms with Crippen molar-refractivity contribution in [2.75, 3.05) is 20.3 Å². The second-order valence-electron chi connectivity index (χ2n) is 9.39. The molecular formula is C26H26N4O6. The molecule has 2 aromatic carbocycles. The minimum Gasteiger partial charge on any atom is -0.497 e. The first-order valence-electron chi connectivity index (χ1n) is 11.5. The van der Waals surface area contributed by atoms with Crippen molar-refractivity contribution in [3.63, 3.8) is 0 Å². The molecule has 1 aliphatic rings. The van der Waals surface area contributed by atoms with Crippen LogP contribution in [0.15, 0.2) is 57.6 Å². The average molecular weight is 491 g/mol. The van der Waals surface area contributed by atoms with Gasteiger partial charge in [0.15, 0.2) is 23.0 Å². The van der Waals surface area contributed by atoms with Gasteiger partial charge in [-0.2, -0.15) is 4.98 Å². The van der Waals surface area contributed by atoms with Gasteiger partial charge in [0.2, 0.25) is 11.7 Å². The number of hydrogen-bond donors (Lipinski definition) is 1. The highest BCUT2D eigenvalue weighted by Crippen LogP contribution is 2.36. The van der Waals surface area contributed by atoms with Gasteiger partial charge in [0.25, 0.3) is 5.91 Å². The zero-order valence-electron chi connectivity index (χ0n) is 20.4. The van der Waals surface area contributed by atoms with Gasteiger partial charge in [-0.25, -0.2) is 0 Å². The number of benzene rings is 2. The van der Waals surface area contributed by atoms with Crippen molar-refractivity contribution in [3.8, 4) is 40.0 Å². The highest BCUT2D eigenvalue weighted by atomic mass is 16.6. The lowest BCUT2D eigenvalue weighted by Crippen LogP contribution is -2.37. The molecule has 2 aromatic heterocycles. The minimum absolute atomic E-state index is 0.129. The van der Waals surface area contributed by atoms with E-state index in [4.69, 9.17) is 23.3 Å². The Morgan fingerprint density at radius 1 is 0.944 bits per heavy atom. The molecule has 0 spiro atoms. The summed E-state index contributed by atoms with van der Waals surface area (Å²) in [4.78, 5) is 17.7. The van der Waals surface area contributed by atoms with Gasteiger partial charge in [0, 0.05) is 17.2 Å². The molecule has 0 aliphatic carbocycles. The van der Waals surface area contributed by atoms with Crippen LogP contribution in [0.25, 0.3) is 22.7 Å². The number of rotatable bonds is 6. The summed E-state index contributed by atoms with van der Waals surface area (Å²) in [5.41, 5.74) is 1.19. The lowest BCUT2D eigenvalue weighted by Gasteiger charge is -2.27. The Hall–Kier alpha value is -4.34. The van der Waals surface area contributed by atoms with Crippen LogP contribution in [0.2, 0.25) is 0 Å². The number of amides is 1. The second-order valence-corrected chi connectivity index (χ2v) is 9.39. The number of carbonyl (C=O) groups is 1. The number of nitrogens with zero attached hydrogens (tertiary/aromatic N) is 3. The smallest absolute Gasteiger partial charge is 0.274 e. The highest BCUT2D eigenvalue weighted by Gasteiger charge is 2.34. The Balaban J connectivity index is 1.35. The van der Waals surface area contributed by atoms with E-state index in [1.807, 2.05) is 51.1 Å². The molecule has 1 amide bonds. The molecular weight excluding hydrogens is 464 g/mol. The molecule has 0 bridgehead atoms. The van der Waals surface area contributed by atoms with Gasteiger partial charge in [0.05, 0.1) is 7.11 Å². The number of aromatic nitrogens is 3. The average Bonchev–Trinajstić information content (AvgIpc) is 3.57. The predicted octanol–water partition coefficient (Wildman–Crippen LogP) is 4.69. The maximum atomic E-state index is 13.1. The molecule has 36 heavy (non-hydrogen) atoms. The summed E-state index contributed by atoms with van der Waals surface area (Å²) in [6, 6.07) is 13.8. The van der Waals surface area contributed by atoms with E-state index in [0.29, 0.717) is 36.3 Å². The zero-order valence-corrected chi connectivity index (χ0v) is 20.4. The molecule has 186 valence electrons. The summed E-state index contributed by atoms with van der Waals surface area (Å²) in [5.74, 6) is 2.74. The van der Waals surface area contributed by atoms with E-state index >= 15 is 0 Å². The number of methoxy groups -OCH3 is 1. The molecule has 1 N–H and O–H groups in total. The minimum atomic E-state index is -0.570. The molecule has 1 aliphatic heterocycles. The van der Waals surface area contributed by atoms with Crippen LogP contribution in [0.3, 0.4) is 0 Å². The first-order chi connectivity index (χ1) is 17.3. The standard InChI is InChI=1S/C26H26N4O6/c1-26(2,3)22(25-28-23(30-36-25)15-5-8-17(32-4)9-6-15)27-24(31)18-14-20(35-29-18)16-7-10-19-21(13-16)34-12-11-33-19/h5-10,13-14,22H,11-12H2,1-4H3,(H,27,31)/t22-/m0/s1. The molecule has 1 atom stereocenters. The van der Waals surface area contributed by atoms with Gasteiger partial charge in [-0.1, -0.05) is 31.1 Å². The third kappa shape index (κ3) is 4.74. The highest BCUT2D eigenvalue weighted by molar-refractivity contribution is 5.93. The fourth-order valence-electron chi connectivity index (χ4n) is 3.78. The van der Waals surface area contributed by atoms with E-state index in [2.05, 4.69) is 20.6 Å². The monoisotopic (exact) mass is 490 g/mol. The molecule has 4 aromatic rings. The molecule has 0 fully saturated rings. The van der Waals surface area contributed by atoms with Gasteiger partial charge in [-0.05, 0) is 47.9 Å². The Kier molecular flexibility index (Phi) is 6.09. The summed E-state index contributed by atoms with van der Waals surface area (Å²) >= 11 is 0. The van der Waals surface area contributed by atoms with Crippen LogP contribution in [0.1, 0.15) is 43.2 Å². The second kappa shape index (κ2) is 9.37. The molecule has 0 radical (unpaired) electrons. The van der Waals surface area contributed by atoms with Crippen LogP contribution in [0, 0.1) is 5.41 Å². The van der Waals surface area contributed by atoms with Crippen molar-refractivity contribution < 1.29 is 28.1 Å². The Morgan fingerprint density at radius 3 is 2.39 bits per heavy atom. The number of fused-ring (bicyclic) bond motifs is 1. The summed E-state index contributed by atoms with van der Waals surface area (Å²) in [6.07, 6.45) is 0. The normalized spacial score (nSPS) is 13.8. The van der Waals surface area contributed by atoms with Crippen molar-refractivity contribution in [1.29, 1.82) is 0 Å². The van der Waals surface area contributed by atoms with Crippen LogP contribution in [-0.4, -0.2) is 41.5 Å². The number of ether oxygens (including phenoxy) is 3. The number of hydrogen-bond acceptors (Lipinski definition) is 9. The van der Waals surface area contributed by atoms with Crippen LogP contribution < -0.4 is 19.5 Å². The van der Waals surface area contributed by atoms with E-state index in [9.17, 15) is 4.79 Å². The largest absolute Gasteiger partial charge is 0.497 e. The van der Waals surface area contributed by atoms with Crippen LogP contribution in [0.5, 0.6) is 17.2 Å². The topological polar surface area (TPSA) is 122 Å². The lowest BCUT2D eigenvalue weighted by molar-refractivity contribution is 0.0871. The van der Waals surface area contributed by atoms with Crippen LogP contribution in [-0.2, 0) is 0 Å². The van der Waals surface area contributed by atoms with Crippen molar-refractivity contribution in [2.24, 2.45) is 5.41 Å². The zero-order chi connectivity index (χ0) is 25.3. The molecule has 10 nitrogen and oxygen atoms in total. The fraction of sp³-hybridized carbons (Fsp3) is 0.308. The van der Waals surface area contributed by atoms with Crippen molar-refractivity contribution in [3.05, 3.63) is 60.1 Å². The SMILES string of the molecule is COc1ccc(-c2noc([C@H](NC(=O)c3cc(-c4ccc5c(c4)OCCO5)on3)C(C)(C)C)n2)cc1. The van der Waals surface area contributed by atoms with Gasteiger partial charge in [-0.3, -0.25) is 4.79 Å². The molecule has 0 unspecified atom stereocenters.